The Morgan fingerprint density at radius 2 is 1.85 bits per heavy atom. The van der Waals surface area contributed by atoms with Crippen LogP contribution in [-0.4, -0.2) is 52.2 Å². The van der Waals surface area contributed by atoms with Crippen LogP contribution in [0.1, 0.15) is 25.7 Å². The molecule has 1 aromatic carbocycles. The van der Waals surface area contributed by atoms with Crippen LogP contribution >= 0.6 is 0 Å². The van der Waals surface area contributed by atoms with E-state index in [1.165, 1.54) is 0 Å². The molecule has 2 amide bonds. The van der Waals surface area contributed by atoms with E-state index >= 15 is 0 Å². The topological polar surface area (TPSA) is 79.3 Å². The van der Waals surface area contributed by atoms with Crippen molar-refractivity contribution in [3.8, 4) is 0 Å². The van der Waals surface area contributed by atoms with Crippen molar-refractivity contribution in [2.75, 3.05) is 25.0 Å². The summed E-state index contributed by atoms with van der Waals surface area (Å²) in [5.74, 6) is 0.102. The standard InChI is InChI=1S/C20H27N5O2/c26-19(8-4-12-25-13-5-11-21-25)22-18-9-14-24(15-10-18)16-20(27)23-17-6-2-1-3-7-17/h1-3,5-7,11,13,18H,4,8-10,12,14-16H2,(H,22,26)(H,23,27). The van der Waals surface area contributed by atoms with Crippen LogP contribution in [0.4, 0.5) is 5.69 Å². The minimum absolute atomic E-state index is 0.00214. The lowest BCUT2D eigenvalue weighted by molar-refractivity contribution is -0.122. The molecule has 0 radical (unpaired) electrons. The van der Waals surface area contributed by atoms with Crippen LogP contribution in [-0.2, 0) is 16.1 Å². The number of likely N-dealkylation sites (tertiary alicyclic amines) is 1. The molecule has 1 aliphatic heterocycles. The smallest absolute Gasteiger partial charge is 0.238 e. The fourth-order valence-electron chi connectivity index (χ4n) is 3.29. The number of rotatable bonds is 8. The van der Waals surface area contributed by atoms with Crippen molar-refractivity contribution in [3.05, 3.63) is 48.8 Å². The average molecular weight is 369 g/mol. The maximum atomic E-state index is 12.1. The van der Waals surface area contributed by atoms with Gasteiger partial charge in [0.1, 0.15) is 0 Å². The van der Waals surface area contributed by atoms with Crippen molar-refractivity contribution in [1.29, 1.82) is 0 Å². The zero-order valence-corrected chi connectivity index (χ0v) is 15.5. The SMILES string of the molecule is O=C(CN1CCC(NC(=O)CCCn2cccn2)CC1)Nc1ccccc1. The van der Waals surface area contributed by atoms with Crippen molar-refractivity contribution in [3.63, 3.8) is 0 Å². The van der Waals surface area contributed by atoms with Gasteiger partial charge in [0.25, 0.3) is 0 Å². The average Bonchev–Trinajstić information content (AvgIpc) is 3.17. The fourth-order valence-corrected chi connectivity index (χ4v) is 3.29. The Labute approximate surface area is 159 Å². The highest BCUT2D eigenvalue weighted by molar-refractivity contribution is 5.92. The molecular weight excluding hydrogens is 342 g/mol. The van der Waals surface area contributed by atoms with Gasteiger partial charge in [0, 0.05) is 50.2 Å². The van der Waals surface area contributed by atoms with Crippen molar-refractivity contribution in [1.82, 2.24) is 20.0 Å². The number of benzene rings is 1. The molecule has 144 valence electrons. The molecule has 0 spiro atoms. The van der Waals surface area contributed by atoms with Crippen LogP contribution < -0.4 is 10.6 Å². The van der Waals surface area contributed by atoms with Gasteiger partial charge < -0.3 is 10.6 Å². The highest BCUT2D eigenvalue weighted by atomic mass is 16.2. The maximum absolute atomic E-state index is 12.1. The van der Waals surface area contributed by atoms with E-state index in [1.807, 2.05) is 47.3 Å². The number of nitrogens with one attached hydrogen (secondary N) is 2. The van der Waals surface area contributed by atoms with Crippen LogP contribution in [0.25, 0.3) is 0 Å². The van der Waals surface area contributed by atoms with E-state index in [4.69, 9.17) is 0 Å². The number of amides is 2. The first-order chi connectivity index (χ1) is 13.2. The maximum Gasteiger partial charge on any atom is 0.238 e. The fraction of sp³-hybridized carbons (Fsp3) is 0.450. The molecular formula is C20H27N5O2. The molecule has 7 nitrogen and oxygen atoms in total. The number of carbonyl (C=O) groups excluding carboxylic acids is 2. The first-order valence-corrected chi connectivity index (χ1v) is 9.53. The number of hydrogen-bond donors (Lipinski definition) is 2. The Kier molecular flexibility index (Phi) is 6.98. The molecule has 1 fully saturated rings. The van der Waals surface area contributed by atoms with Gasteiger partial charge in [0.15, 0.2) is 0 Å². The van der Waals surface area contributed by atoms with Gasteiger partial charge in [-0.1, -0.05) is 18.2 Å². The van der Waals surface area contributed by atoms with Crippen LogP contribution in [0, 0.1) is 0 Å². The van der Waals surface area contributed by atoms with Crippen LogP contribution in [0.3, 0.4) is 0 Å². The molecule has 1 aliphatic rings. The van der Waals surface area contributed by atoms with Crippen molar-refractivity contribution >= 4 is 17.5 Å². The molecule has 2 aromatic rings. The minimum Gasteiger partial charge on any atom is -0.353 e. The summed E-state index contributed by atoms with van der Waals surface area (Å²) in [5.41, 5.74) is 0.819. The largest absolute Gasteiger partial charge is 0.353 e. The van der Waals surface area contributed by atoms with E-state index in [0.717, 1.165) is 44.6 Å². The van der Waals surface area contributed by atoms with E-state index in [1.54, 1.807) is 6.20 Å². The molecule has 2 N–H and O–H groups in total. The van der Waals surface area contributed by atoms with Crippen LogP contribution in [0.15, 0.2) is 48.8 Å². The summed E-state index contributed by atoms with van der Waals surface area (Å²) >= 11 is 0. The van der Waals surface area contributed by atoms with Gasteiger partial charge in [-0.2, -0.15) is 5.10 Å². The summed E-state index contributed by atoms with van der Waals surface area (Å²) in [4.78, 5) is 26.3. The summed E-state index contributed by atoms with van der Waals surface area (Å²) in [5, 5.41) is 10.2. The summed E-state index contributed by atoms with van der Waals surface area (Å²) in [6.45, 7) is 2.79. The zero-order chi connectivity index (χ0) is 18.9. The number of carbonyl (C=O) groups is 2. The van der Waals surface area contributed by atoms with Gasteiger partial charge in [-0.15, -0.1) is 0 Å². The second-order valence-corrected chi connectivity index (χ2v) is 6.90. The Balaban J connectivity index is 1.30. The molecule has 0 bridgehead atoms. The van der Waals surface area contributed by atoms with Gasteiger partial charge in [-0.25, -0.2) is 0 Å². The molecule has 0 atom stereocenters. The normalized spacial score (nSPS) is 15.4. The van der Waals surface area contributed by atoms with E-state index in [0.29, 0.717) is 13.0 Å². The van der Waals surface area contributed by atoms with Crippen molar-refractivity contribution in [2.45, 2.75) is 38.3 Å². The molecule has 3 rings (SSSR count). The van der Waals surface area contributed by atoms with E-state index in [2.05, 4.69) is 20.6 Å². The molecule has 0 saturated carbocycles. The molecule has 1 aromatic heterocycles. The Morgan fingerprint density at radius 1 is 1.07 bits per heavy atom. The predicted molar refractivity (Wildman–Crippen MR) is 104 cm³/mol. The molecule has 2 heterocycles. The summed E-state index contributed by atoms with van der Waals surface area (Å²) in [6.07, 6.45) is 6.70. The third-order valence-corrected chi connectivity index (χ3v) is 4.73. The van der Waals surface area contributed by atoms with Crippen molar-refractivity contribution in [2.24, 2.45) is 0 Å². The summed E-state index contributed by atoms with van der Waals surface area (Å²) in [6, 6.07) is 11.6. The lowest BCUT2D eigenvalue weighted by Crippen LogP contribution is -2.46. The molecule has 27 heavy (non-hydrogen) atoms. The van der Waals surface area contributed by atoms with Gasteiger partial charge >= 0.3 is 0 Å². The number of piperidine rings is 1. The van der Waals surface area contributed by atoms with Crippen LogP contribution in [0.2, 0.25) is 0 Å². The van der Waals surface area contributed by atoms with Gasteiger partial charge in [0.2, 0.25) is 11.8 Å². The number of para-hydroxylation sites is 1. The third kappa shape index (κ3) is 6.53. The first-order valence-electron chi connectivity index (χ1n) is 9.53. The van der Waals surface area contributed by atoms with Crippen LogP contribution in [0.5, 0.6) is 0 Å². The molecule has 0 aliphatic carbocycles. The lowest BCUT2D eigenvalue weighted by atomic mass is 10.0. The summed E-state index contributed by atoms with van der Waals surface area (Å²) in [7, 11) is 0. The quantitative estimate of drug-likeness (QED) is 0.745. The van der Waals surface area contributed by atoms with E-state index < -0.39 is 0 Å². The summed E-state index contributed by atoms with van der Waals surface area (Å²) < 4.78 is 1.84. The number of aromatic nitrogens is 2. The number of nitrogens with zero attached hydrogens (tertiary/aromatic N) is 3. The van der Waals surface area contributed by atoms with Gasteiger partial charge in [-0.05, 0) is 37.5 Å². The van der Waals surface area contributed by atoms with Gasteiger partial charge in [0.05, 0.1) is 6.54 Å². The second kappa shape index (κ2) is 9.87. The first kappa shape index (κ1) is 19.1. The highest BCUT2D eigenvalue weighted by Gasteiger charge is 2.22. The number of aryl methyl sites for hydroxylation is 1. The Bertz CT molecular complexity index is 709. The number of hydrogen-bond acceptors (Lipinski definition) is 4. The lowest BCUT2D eigenvalue weighted by Gasteiger charge is -2.31. The zero-order valence-electron chi connectivity index (χ0n) is 15.5. The predicted octanol–water partition coefficient (Wildman–Crippen LogP) is 1.88. The molecule has 0 unspecified atom stereocenters. The Hall–Kier alpha value is -2.67. The monoisotopic (exact) mass is 369 g/mol. The van der Waals surface area contributed by atoms with Crippen molar-refractivity contribution < 1.29 is 9.59 Å². The Morgan fingerprint density at radius 3 is 2.56 bits per heavy atom. The molecule has 7 heteroatoms. The van der Waals surface area contributed by atoms with E-state index in [9.17, 15) is 9.59 Å². The van der Waals surface area contributed by atoms with E-state index in [-0.39, 0.29) is 17.9 Å². The second-order valence-electron chi connectivity index (χ2n) is 6.90. The molecule has 1 saturated heterocycles. The minimum atomic E-state index is 0.00214. The number of anilines is 1. The third-order valence-electron chi connectivity index (χ3n) is 4.73. The highest BCUT2D eigenvalue weighted by Crippen LogP contribution is 2.11. The van der Waals surface area contributed by atoms with Gasteiger partial charge in [-0.3, -0.25) is 19.2 Å².